The molecular formula is C18H26N6O5. The van der Waals surface area contributed by atoms with Crippen LogP contribution >= 0.6 is 0 Å². The molecule has 0 bridgehead atoms. The van der Waals surface area contributed by atoms with E-state index in [2.05, 4.69) is 4.98 Å². The van der Waals surface area contributed by atoms with Crippen LogP contribution in [-0.2, 0) is 26.8 Å². The smallest absolute Gasteiger partial charge is 0.327 e. The first-order valence-corrected chi connectivity index (χ1v) is 9.27. The van der Waals surface area contributed by atoms with Crippen molar-refractivity contribution in [1.29, 1.82) is 0 Å². The Morgan fingerprint density at radius 2 is 1.93 bits per heavy atom. The van der Waals surface area contributed by atoms with E-state index in [1.54, 1.807) is 38.0 Å². The Hall–Kier alpha value is -2.95. The molecule has 5 amide bonds. The first kappa shape index (κ1) is 20.8. The molecule has 29 heavy (non-hydrogen) atoms. The lowest BCUT2D eigenvalue weighted by Gasteiger charge is -2.31. The number of aromatic nitrogens is 2. The molecule has 2 fully saturated rings. The number of rotatable bonds is 6. The summed E-state index contributed by atoms with van der Waals surface area (Å²) in [4.78, 5) is 58.5. The highest BCUT2D eigenvalue weighted by atomic mass is 16.5. The highest BCUT2D eigenvalue weighted by Crippen LogP contribution is 2.49. The number of imidazole rings is 1. The van der Waals surface area contributed by atoms with E-state index in [1.807, 2.05) is 0 Å². The number of hydrogen-bond donors (Lipinski definition) is 2. The molecule has 1 aliphatic heterocycles. The van der Waals surface area contributed by atoms with Crippen LogP contribution in [0.3, 0.4) is 0 Å². The van der Waals surface area contributed by atoms with Crippen molar-refractivity contribution in [3.8, 4) is 0 Å². The SMILES string of the molecule is CN(C(=O)C1(c2cn(C)cn2)CC1)C(CN1C(=O)N(C)C(C)(C)C1=O)C(=O)NO. The molecule has 1 unspecified atom stereocenters. The third-order valence-electron chi connectivity index (χ3n) is 6.04. The number of nitrogens with zero attached hydrogens (tertiary/aromatic N) is 5. The summed E-state index contributed by atoms with van der Waals surface area (Å²) in [7, 11) is 4.72. The van der Waals surface area contributed by atoms with Crippen LogP contribution in [0.15, 0.2) is 12.5 Å². The third kappa shape index (κ3) is 3.15. The van der Waals surface area contributed by atoms with Crippen molar-refractivity contribution in [3.05, 3.63) is 18.2 Å². The summed E-state index contributed by atoms with van der Waals surface area (Å²) < 4.78 is 1.74. The number of hydroxylamine groups is 1. The van der Waals surface area contributed by atoms with E-state index in [4.69, 9.17) is 0 Å². The predicted octanol–water partition coefficient (Wildman–Crippen LogP) is -0.543. The molecule has 11 nitrogen and oxygen atoms in total. The fourth-order valence-corrected chi connectivity index (χ4v) is 3.61. The quantitative estimate of drug-likeness (QED) is 0.371. The van der Waals surface area contributed by atoms with Crippen LogP contribution in [0.25, 0.3) is 0 Å². The second-order valence-corrected chi connectivity index (χ2v) is 8.23. The second kappa shape index (κ2) is 6.83. The number of hydrogen-bond acceptors (Lipinski definition) is 6. The van der Waals surface area contributed by atoms with Crippen LogP contribution in [-0.4, -0.2) is 85.4 Å². The Morgan fingerprint density at radius 3 is 2.34 bits per heavy atom. The van der Waals surface area contributed by atoms with E-state index in [0.717, 1.165) is 4.90 Å². The van der Waals surface area contributed by atoms with E-state index in [9.17, 15) is 24.4 Å². The molecule has 1 aromatic rings. The molecule has 1 saturated carbocycles. The highest BCUT2D eigenvalue weighted by molar-refractivity contribution is 6.07. The summed E-state index contributed by atoms with van der Waals surface area (Å²) in [5.74, 6) is -1.71. The lowest BCUT2D eigenvalue weighted by Crippen LogP contribution is -2.56. The van der Waals surface area contributed by atoms with Crippen molar-refractivity contribution in [2.24, 2.45) is 7.05 Å². The lowest BCUT2D eigenvalue weighted by atomic mass is 10.00. The summed E-state index contributed by atoms with van der Waals surface area (Å²) in [5, 5.41) is 9.18. The Kier molecular flexibility index (Phi) is 4.89. The fourth-order valence-electron chi connectivity index (χ4n) is 3.61. The van der Waals surface area contributed by atoms with Gasteiger partial charge in [0.2, 0.25) is 5.91 Å². The van der Waals surface area contributed by atoms with E-state index in [-0.39, 0.29) is 12.5 Å². The van der Waals surface area contributed by atoms with Crippen molar-refractivity contribution in [1.82, 2.24) is 29.7 Å². The van der Waals surface area contributed by atoms with Gasteiger partial charge in [-0.15, -0.1) is 0 Å². The van der Waals surface area contributed by atoms with Crippen molar-refractivity contribution in [2.75, 3.05) is 20.6 Å². The van der Waals surface area contributed by atoms with Gasteiger partial charge in [-0.05, 0) is 26.7 Å². The minimum Gasteiger partial charge on any atom is -0.340 e. The molecule has 1 aliphatic carbocycles. The van der Waals surface area contributed by atoms with Gasteiger partial charge in [0.1, 0.15) is 11.6 Å². The number of imide groups is 1. The second-order valence-electron chi connectivity index (χ2n) is 8.23. The Morgan fingerprint density at radius 1 is 1.31 bits per heavy atom. The number of urea groups is 1. The monoisotopic (exact) mass is 406 g/mol. The van der Waals surface area contributed by atoms with Gasteiger partial charge in [-0.3, -0.25) is 24.5 Å². The van der Waals surface area contributed by atoms with Gasteiger partial charge < -0.3 is 14.4 Å². The van der Waals surface area contributed by atoms with E-state index in [1.165, 1.54) is 29.4 Å². The molecule has 3 rings (SSSR count). The highest BCUT2D eigenvalue weighted by Gasteiger charge is 2.56. The van der Waals surface area contributed by atoms with Crippen molar-refractivity contribution in [3.63, 3.8) is 0 Å². The Labute approximate surface area is 168 Å². The zero-order valence-electron chi connectivity index (χ0n) is 17.2. The standard InChI is InChI=1S/C18H26N6O5/c1-17(2)14(26)24(16(28)23(17)5)8-11(13(25)20-29)22(4)15(27)18(6-7-18)12-9-21(3)10-19-12/h9-11,29H,6-8H2,1-5H3,(H,20,25). The van der Waals surface area contributed by atoms with Crippen molar-refractivity contribution in [2.45, 2.75) is 43.7 Å². The molecule has 0 radical (unpaired) electrons. The number of likely N-dealkylation sites (N-methyl/N-ethyl adjacent to an activating group) is 2. The van der Waals surface area contributed by atoms with Gasteiger partial charge in [0, 0.05) is 27.3 Å². The number of carbonyl (C=O) groups excluding carboxylic acids is 4. The maximum absolute atomic E-state index is 13.2. The van der Waals surface area contributed by atoms with Crippen LogP contribution in [0, 0.1) is 0 Å². The fraction of sp³-hybridized carbons (Fsp3) is 0.611. The zero-order valence-corrected chi connectivity index (χ0v) is 17.2. The number of nitrogens with one attached hydrogen (secondary N) is 1. The molecule has 0 aromatic carbocycles. The van der Waals surface area contributed by atoms with E-state index >= 15 is 0 Å². The molecular weight excluding hydrogens is 380 g/mol. The summed E-state index contributed by atoms with van der Waals surface area (Å²) >= 11 is 0. The number of aryl methyl sites for hydroxylation is 1. The molecule has 2 N–H and O–H groups in total. The molecule has 1 aromatic heterocycles. The van der Waals surface area contributed by atoms with Crippen LogP contribution in [0.2, 0.25) is 0 Å². The molecule has 2 heterocycles. The van der Waals surface area contributed by atoms with E-state index in [0.29, 0.717) is 18.5 Å². The van der Waals surface area contributed by atoms with Gasteiger partial charge in [0.15, 0.2) is 0 Å². The van der Waals surface area contributed by atoms with Crippen LogP contribution in [0.5, 0.6) is 0 Å². The first-order chi connectivity index (χ1) is 13.5. The third-order valence-corrected chi connectivity index (χ3v) is 6.04. The van der Waals surface area contributed by atoms with Gasteiger partial charge in [-0.2, -0.15) is 0 Å². The van der Waals surface area contributed by atoms with Crippen LogP contribution in [0.1, 0.15) is 32.4 Å². The maximum Gasteiger partial charge on any atom is 0.327 e. The zero-order chi connectivity index (χ0) is 21.7. The maximum atomic E-state index is 13.2. The first-order valence-electron chi connectivity index (χ1n) is 9.27. The van der Waals surface area contributed by atoms with Gasteiger partial charge in [0.05, 0.1) is 24.0 Å². The average Bonchev–Trinajstić information content (AvgIpc) is 3.36. The summed E-state index contributed by atoms with van der Waals surface area (Å²) in [6.45, 7) is 2.84. The topological polar surface area (TPSA) is 128 Å². The predicted molar refractivity (Wildman–Crippen MR) is 99.6 cm³/mol. The Bertz CT molecular complexity index is 874. The minimum absolute atomic E-state index is 0.350. The lowest BCUT2D eigenvalue weighted by molar-refractivity contribution is -0.146. The minimum atomic E-state index is -1.25. The largest absolute Gasteiger partial charge is 0.340 e. The summed E-state index contributed by atoms with van der Waals surface area (Å²) in [6, 6.07) is -1.81. The van der Waals surface area contributed by atoms with Gasteiger partial charge in [-0.1, -0.05) is 0 Å². The molecule has 158 valence electrons. The molecule has 1 saturated heterocycles. The molecule has 0 spiro atoms. The van der Waals surface area contributed by atoms with Gasteiger partial charge >= 0.3 is 6.03 Å². The summed E-state index contributed by atoms with van der Waals surface area (Å²) in [5.41, 5.74) is 0.244. The van der Waals surface area contributed by atoms with Gasteiger partial charge in [-0.25, -0.2) is 15.3 Å². The van der Waals surface area contributed by atoms with Crippen LogP contribution < -0.4 is 5.48 Å². The van der Waals surface area contributed by atoms with Crippen molar-refractivity contribution >= 4 is 23.8 Å². The number of carbonyl (C=O) groups is 4. The van der Waals surface area contributed by atoms with Crippen molar-refractivity contribution < 1.29 is 24.4 Å². The normalized spacial score (nSPS) is 20.6. The van der Waals surface area contributed by atoms with Crippen LogP contribution in [0.4, 0.5) is 4.79 Å². The number of amides is 5. The molecule has 1 atom stereocenters. The summed E-state index contributed by atoms with van der Waals surface area (Å²) in [6.07, 6.45) is 4.51. The Balaban J connectivity index is 1.86. The molecule has 2 aliphatic rings. The average molecular weight is 406 g/mol. The van der Waals surface area contributed by atoms with E-state index < -0.39 is 34.8 Å². The molecule has 11 heteroatoms. The van der Waals surface area contributed by atoms with Gasteiger partial charge in [0.25, 0.3) is 11.8 Å².